The number of hydrogen-bond donors (Lipinski definition) is 1. The molecule has 0 radical (unpaired) electrons. The molecule has 0 bridgehead atoms. The second-order valence-electron chi connectivity index (χ2n) is 6.54. The van der Waals surface area contributed by atoms with Gasteiger partial charge < -0.3 is 10.2 Å². The van der Waals surface area contributed by atoms with Crippen molar-refractivity contribution in [3.8, 4) is 0 Å². The van der Waals surface area contributed by atoms with Crippen molar-refractivity contribution in [1.82, 2.24) is 4.98 Å². The number of hydrogen-bond acceptors (Lipinski definition) is 4. The minimum absolute atomic E-state index is 0.137. The number of nitrogens with two attached hydrogens (primary N) is 1. The molecule has 0 saturated carbocycles. The van der Waals surface area contributed by atoms with Gasteiger partial charge in [-0.25, -0.2) is 4.98 Å². The zero-order chi connectivity index (χ0) is 17.2. The van der Waals surface area contributed by atoms with Crippen LogP contribution in [0.3, 0.4) is 0 Å². The monoisotopic (exact) mass is 334 g/mol. The summed E-state index contributed by atoms with van der Waals surface area (Å²) < 4.78 is 18.3. The molecule has 1 amide bonds. The van der Waals surface area contributed by atoms with Crippen LogP contribution in [0.15, 0.2) is 34.9 Å². The summed E-state index contributed by atoms with van der Waals surface area (Å²) in [5, 5.41) is -0.330. The van der Waals surface area contributed by atoms with Gasteiger partial charge in [-0.2, -0.15) is 0 Å². The van der Waals surface area contributed by atoms with Gasteiger partial charge in [0.25, 0.3) is 0 Å². The molecular weight excluding hydrogens is 312 g/mol. The molecule has 0 spiro atoms. The maximum Gasteiger partial charge on any atom is 0.248 e. The molecule has 0 aliphatic rings. The number of rotatable bonds is 5. The zero-order valence-corrected chi connectivity index (χ0v) is 14.6. The molecular formula is C17H22N2O3S. The van der Waals surface area contributed by atoms with Crippen LogP contribution in [0.5, 0.6) is 0 Å². The Kier molecular flexibility index (Phi) is 5.04. The molecule has 2 atom stereocenters. The molecule has 1 heterocycles. The second kappa shape index (κ2) is 6.66. The Labute approximate surface area is 138 Å². The summed E-state index contributed by atoms with van der Waals surface area (Å²) in [5.74, 6) is 1.06. The van der Waals surface area contributed by atoms with Crippen molar-refractivity contribution in [3.05, 3.63) is 53.2 Å². The first kappa shape index (κ1) is 17.4. The number of carbonyl (C=O) groups excluding carboxylic acids is 1. The first-order valence-corrected chi connectivity index (χ1v) is 8.79. The van der Waals surface area contributed by atoms with Crippen molar-refractivity contribution in [2.24, 2.45) is 5.73 Å². The summed E-state index contributed by atoms with van der Waals surface area (Å²) in [7, 11) is -1.21. The van der Waals surface area contributed by atoms with Crippen LogP contribution in [0.4, 0.5) is 0 Å². The van der Waals surface area contributed by atoms with E-state index in [1.54, 1.807) is 24.4 Å². The SMILES string of the molecule is C[C@@H](c1ncc(C(C)(C)C)o1)[S@@](=O)Cc1cccc(C(N)=O)c1. The summed E-state index contributed by atoms with van der Waals surface area (Å²) in [6.07, 6.45) is 1.69. The average Bonchev–Trinajstić information content (AvgIpc) is 2.96. The molecule has 0 aliphatic heterocycles. The van der Waals surface area contributed by atoms with E-state index in [-0.39, 0.29) is 10.7 Å². The van der Waals surface area contributed by atoms with Crippen LogP contribution >= 0.6 is 0 Å². The molecule has 124 valence electrons. The van der Waals surface area contributed by atoms with Gasteiger partial charge in [0.1, 0.15) is 11.0 Å². The van der Waals surface area contributed by atoms with Crippen molar-refractivity contribution >= 4 is 16.7 Å². The summed E-state index contributed by atoms with van der Waals surface area (Å²) in [5.41, 5.74) is 6.35. The van der Waals surface area contributed by atoms with E-state index in [1.807, 2.05) is 33.8 Å². The van der Waals surface area contributed by atoms with E-state index in [9.17, 15) is 9.00 Å². The standard InChI is InChI=1S/C17H22N2O3S/c1-11(16-19-9-14(22-16)17(2,3)4)23(21)10-12-6-5-7-13(8-12)15(18)20/h5-9,11H,10H2,1-4H3,(H2,18,20)/t11-,23-/m0/s1. The van der Waals surface area contributed by atoms with E-state index in [0.717, 1.165) is 11.3 Å². The smallest absolute Gasteiger partial charge is 0.248 e. The topological polar surface area (TPSA) is 86.2 Å². The van der Waals surface area contributed by atoms with Crippen LogP contribution < -0.4 is 5.73 Å². The van der Waals surface area contributed by atoms with Crippen LogP contribution in [-0.4, -0.2) is 15.1 Å². The van der Waals surface area contributed by atoms with Gasteiger partial charge >= 0.3 is 0 Å². The molecule has 0 unspecified atom stereocenters. The number of oxazole rings is 1. The minimum atomic E-state index is -1.21. The summed E-state index contributed by atoms with van der Waals surface area (Å²) in [4.78, 5) is 15.5. The molecule has 2 rings (SSSR count). The van der Waals surface area contributed by atoms with Gasteiger partial charge in [0.05, 0.1) is 6.20 Å². The number of benzene rings is 1. The number of nitrogens with zero attached hydrogens (tertiary/aromatic N) is 1. The quantitative estimate of drug-likeness (QED) is 0.910. The molecule has 2 aromatic rings. The lowest BCUT2D eigenvalue weighted by Gasteiger charge is -2.14. The van der Waals surface area contributed by atoms with E-state index in [2.05, 4.69) is 4.98 Å². The summed E-state index contributed by atoms with van der Waals surface area (Å²) in [6.45, 7) is 7.93. The average molecular weight is 334 g/mol. The summed E-state index contributed by atoms with van der Waals surface area (Å²) >= 11 is 0. The number of aromatic nitrogens is 1. The van der Waals surface area contributed by atoms with Gasteiger partial charge in [0.15, 0.2) is 0 Å². The lowest BCUT2D eigenvalue weighted by molar-refractivity contribution is 0.1000. The van der Waals surface area contributed by atoms with Crippen molar-refractivity contribution in [2.75, 3.05) is 0 Å². The highest BCUT2D eigenvalue weighted by Gasteiger charge is 2.24. The first-order valence-electron chi connectivity index (χ1n) is 7.40. The van der Waals surface area contributed by atoms with E-state index < -0.39 is 16.7 Å². The molecule has 23 heavy (non-hydrogen) atoms. The second-order valence-corrected chi connectivity index (χ2v) is 8.30. The molecule has 6 heteroatoms. The molecule has 0 saturated heterocycles. The highest BCUT2D eigenvalue weighted by molar-refractivity contribution is 7.84. The van der Waals surface area contributed by atoms with Crippen LogP contribution in [0.2, 0.25) is 0 Å². The molecule has 0 aliphatic carbocycles. The fraction of sp³-hybridized carbons (Fsp3) is 0.412. The Morgan fingerprint density at radius 1 is 1.39 bits per heavy atom. The van der Waals surface area contributed by atoms with E-state index in [0.29, 0.717) is 17.2 Å². The van der Waals surface area contributed by atoms with Gasteiger partial charge in [-0.3, -0.25) is 9.00 Å². The third-order valence-corrected chi connectivity index (χ3v) is 5.13. The van der Waals surface area contributed by atoms with E-state index >= 15 is 0 Å². The Hall–Kier alpha value is -1.95. The predicted octanol–water partition coefficient (Wildman–Crippen LogP) is 3.08. The highest BCUT2D eigenvalue weighted by atomic mass is 32.2. The van der Waals surface area contributed by atoms with Crippen LogP contribution in [0.25, 0.3) is 0 Å². The molecule has 1 aromatic carbocycles. The van der Waals surface area contributed by atoms with Gasteiger partial charge in [0.2, 0.25) is 11.8 Å². The first-order chi connectivity index (χ1) is 10.7. The van der Waals surface area contributed by atoms with Gasteiger partial charge in [-0.15, -0.1) is 0 Å². The number of primary amides is 1. The third-order valence-electron chi connectivity index (χ3n) is 3.53. The predicted molar refractivity (Wildman–Crippen MR) is 90.4 cm³/mol. The fourth-order valence-electron chi connectivity index (χ4n) is 2.04. The highest BCUT2D eigenvalue weighted by Crippen LogP contribution is 2.27. The van der Waals surface area contributed by atoms with Crippen LogP contribution in [0, 0.1) is 0 Å². The third kappa shape index (κ3) is 4.28. The molecule has 2 N–H and O–H groups in total. The molecule has 0 fully saturated rings. The minimum Gasteiger partial charge on any atom is -0.444 e. The fourth-order valence-corrected chi connectivity index (χ4v) is 3.13. The van der Waals surface area contributed by atoms with Crippen molar-refractivity contribution in [1.29, 1.82) is 0 Å². The van der Waals surface area contributed by atoms with E-state index in [1.165, 1.54) is 0 Å². The molecule has 1 aromatic heterocycles. The number of amides is 1. The Bertz CT molecular complexity index is 731. The Morgan fingerprint density at radius 2 is 2.09 bits per heavy atom. The van der Waals surface area contributed by atoms with E-state index in [4.69, 9.17) is 10.2 Å². The molecule has 5 nitrogen and oxygen atoms in total. The Morgan fingerprint density at radius 3 is 2.65 bits per heavy atom. The van der Waals surface area contributed by atoms with Gasteiger partial charge in [-0.1, -0.05) is 32.9 Å². The van der Waals surface area contributed by atoms with Crippen LogP contribution in [0.1, 0.15) is 60.5 Å². The largest absolute Gasteiger partial charge is 0.444 e. The van der Waals surface area contributed by atoms with Crippen molar-refractivity contribution in [3.63, 3.8) is 0 Å². The normalized spacial score (nSPS) is 14.4. The maximum atomic E-state index is 12.5. The van der Waals surface area contributed by atoms with Crippen molar-refractivity contribution in [2.45, 2.75) is 44.1 Å². The maximum absolute atomic E-state index is 12.5. The number of carbonyl (C=O) groups is 1. The zero-order valence-electron chi connectivity index (χ0n) is 13.8. The lowest BCUT2D eigenvalue weighted by atomic mass is 9.94. The van der Waals surface area contributed by atoms with Gasteiger partial charge in [0, 0.05) is 27.5 Å². The van der Waals surface area contributed by atoms with Gasteiger partial charge in [-0.05, 0) is 24.6 Å². The van der Waals surface area contributed by atoms with Crippen LogP contribution in [-0.2, 0) is 22.0 Å². The Balaban J connectivity index is 2.12. The lowest BCUT2D eigenvalue weighted by Crippen LogP contribution is -2.12. The summed E-state index contributed by atoms with van der Waals surface area (Å²) in [6, 6.07) is 6.87. The van der Waals surface area contributed by atoms with Crippen molar-refractivity contribution < 1.29 is 13.4 Å².